The molecule has 0 spiro atoms. The molecule has 0 aliphatic carbocycles. The zero-order chi connectivity index (χ0) is 14.6. The van der Waals surface area contributed by atoms with Gasteiger partial charge >= 0.3 is 5.97 Å². The largest absolute Gasteiger partial charge is 0.496 e. The van der Waals surface area contributed by atoms with Crippen molar-refractivity contribution >= 4 is 17.6 Å². The fourth-order valence-corrected chi connectivity index (χ4v) is 1.85. The number of hydrogen-bond donors (Lipinski definition) is 1. The molecule has 106 valence electrons. The first kappa shape index (κ1) is 15.8. The van der Waals surface area contributed by atoms with E-state index in [2.05, 4.69) is 0 Å². The molecule has 5 heteroatoms. The smallest absolute Gasteiger partial charge is 0.308 e. The lowest BCUT2D eigenvalue weighted by Crippen LogP contribution is -2.26. The Labute approximate surface area is 118 Å². The molecule has 1 aromatic rings. The Morgan fingerprint density at radius 3 is 2.58 bits per heavy atom. The summed E-state index contributed by atoms with van der Waals surface area (Å²) in [6.07, 6.45) is 0.0774. The summed E-state index contributed by atoms with van der Waals surface area (Å²) in [6, 6.07) is 4.63. The highest BCUT2D eigenvalue weighted by molar-refractivity contribution is 6.30. The second kappa shape index (κ2) is 6.26. The van der Waals surface area contributed by atoms with Crippen molar-refractivity contribution in [3.8, 4) is 5.75 Å². The third kappa shape index (κ3) is 5.09. The van der Waals surface area contributed by atoms with Crippen LogP contribution in [0.1, 0.15) is 38.8 Å². The van der Waals surface area contributed by atoms with Crippen LogP contribution in [-0.4, -0.2) is 18.7 Å². The predicted octanol–water partition coefficient (Wildman–Crippen LogP) is 3.08. The van der Waals surface area contributed by atoms with Gasteiger partial charge in [-0.2, -0.15) is 0 Å². The molecule has 19 heavy (non-hydrogen) atoms. The maximum Gasteiger partial charge on any atom is 0.308 e. The van der Waals surface area contributed by atoms with Gasteiger partial charge in [-0.15, -0.1) is 0 Å². The van der Waals surface area contributed by atoms with E-state index in [1.54, 1.807) is 25.3 Å². The zero-order valence-electron chi connectivity index (χ0n) is 11.7. The molecule has 0 heterocycles. The lowest BCUT2D eigenvalue weighted by Gasteiger charge is -2.21. The first-order chi connectivity index (χ1) is 8.73. The summed E-state index contributed by atoms with van der Waals surface area (Å²) >= 11 is 5.93. The van der Waals surface area contributed by atoms with Gasteiger partial charge in [-0.25, -0.2) is 0 Å². The predicted molar refractivity (Wildman–Crippen MR) is 75.4 cm³/mol. The number of hydrogen-bond acceptors (Lipinski definition) is 4. The quantitative estimate of drug-likeness (QED) is 0.864. The summed E-state index contributed by atoms with van der Waals surface area (Å²) in [5, 5.41) is 0.551. The minimum absolute atomic E-state index is 0.0774. The van der Waals surface area contributed by atoms with Crippen molar-refractivity contribution in [1.82, 2.24) is 0 Å². The molecule has 0 aliphatic rings. The maximum absolute atomic E-state index is 11.8. The average molecular weight is 286 g/mol. The van der Waals surface area contributed by atoms with E-state index in [4.69, 9.17) is 26.8 Å². The third-order valence-corrected chi connectivity index (χ3v) is 2.63. The van der Waals surface area contributed by atoms with Crippen molar-refractivity contribution in [1.29, 1.82) is 0 Å². The van der Waals surface area contributed by atoms with Crippen molar-refractivity contribution in [2.24, 2.45) is 5.73 Å². The van der Waals surface area contributed by atoms with E-state index in [-0.39, 0.29) is 12.4 Å². The molecule has 2 N–H and O–H groups in total. The lowest BCUT2D eigenvalue weighted by atomic mass is 10.0. The Kier molecular flexibility index (Phi) is 5.20. The van der Waals surface area contributed by atoms with Gasteiger partial charge in [0.15, 0.2) is 0 Å². The number of esters is 1. The molecule has 0 aliphatic heterocycles. The number of nitrogens with two attached hydrogens (primary N) is 1. The number of methoxy groups -OCH3 is 1. The molecule has 1 unspecified atom stereocenters. The average Bonchev–Trinajstić information content (AvgIpc) is 2.26. The molecular formula is C14H20ClNO3. The highest BCUT2D eigenvalue weighted by Crippen LogP contribution is 2.29. The minimum Gasteiger partial charge on any atom is -0.496 e. The number of halogens is 1. The topological polar surface area (TPSA) is 61.5 Å². The standard InChI is InChI=1S/C14H20ClNO3/c1-14(2,3)19-13(17)8-11(16)10-7-9(15)5-6-12(10)18-4/h5-7,11H,8,16H2,1-4H3. The van der Waals surface area contributed by atoms with Crippen LogP contribution in [0.5, 0.6) is 5.75 Å². The molecule has 0 bridgehead atoms. The normalized spacial score (nSPS) is 12.9. The van der Waals surface area contributed by atoms with E-state index >= 15 is 0 Å². The minimum atomic E-state index is -0.519. The Bertz CT molecular complexity index is 454. The van der Waals surface area contributed by atoms with E-state index in [0.29, 0.717) is 16.3 Å². The van der Waals surface area contributed by atoms with Gasteiger partial charge in [0.1, 0.15) is 11.4 Å². The SMILES string of the molecule is COc1ccc(Cl)cc1C(N)CC(=O)OC(C)(C)C. The molecule has 1 rings (SSSR count). The first-order valence-electron chi connectivity index (χ1n) is 6.04. The van der Waals surface area contributed by atoms with Gasteiger partial charge in [0.05, 0.1) is 13.5 Å². The molecule has 1 atom stereocenters. The van der Waals surface area contributed by atoms with E-state index in [0.717, 1.165) is 0 Å². The van der Waals surface area contributed by atoms with Gasteiger partial charge in [-0.1, -0.05) is 11.6 Å². The molecular weight excluding hydrogens is 266 g/mol. The summed E-state index contributed by atoms with van der Waals surface area (Å²) in [4.78, 5) is 11.8. The van der Waals surface area contributed by atoms with E-state index in [9.17, 15) is 4.79 Å². The zero-order valence-corrected chi connectivity index (χ0v) is 12.5. The second-order valence-electron chi connectivity index (χ2n) is 5.28. The fraction of sp³-hybridized carbons (Fsp3) is 0.500. The number of carbonyl (C=O) groups excluding carboxylic acids is 1. The molecule has 4 nitrogen and oxygen atoms in total. The van der Waals surface area contributed by atoms with Crippen molar-refractivity contribution in [3.05, 3.63) is 28.8 Å². The number of carbonyl (C=O) groups is 1. The van der Waals surface area contributed by atoms with Gasteiger partial charge in [-0.05, 0) is 39.0 Å². The molecule has 0 fully saturated rings. The molecule has 0 amide bonds. The monoisotopic (exact) mass is 285 g/mol. The Balaban J connectivity index is 2.80. The van der Waals surface area contributed by atoms with Crippen LogP contribution in [0.25, 0.3) is 0 Å². The van der Waals surface area contributed by atoms with Crippen LogP contribution in [0.2, 0.25) is 5.02 Å². The highest BCUT2D eigenvalue weighted by atomic mass is 35.5. The van der Waals surface area contributed by atoms with Gasteiger partial charge < -0.3 is 15.2 Å². The Hall–Kier alpha value is -1.26. The summed E-state index contributed by atoms with van der Waals surface area (Å²) in [5.41, 5.74) is 6.20. The van der Waals surface area contributed by atoms with Crippen LogP contribution in [0, 0.1) is 0 Å². The van der Waals surface area contributed by atoms with Crippen LogP contribution in [0.3, 0.4) is 0 Å². The van der Waals surface area contributed by atoms with E-state index < -0.39 is 11.6 Å². The van der Waals surface area contributed by atoms with Gasteiger partial charge in [0, 0.05) is 16.6 Å². The molecule has 0 saturated carbocycles. The summed E-state index contributed by atoms with van der Waals surface area (Å²) in [7, 11) is 1.55. The molecule has 0 aromatic heterocycles. The number of rotatable bonds is 4. The van der Waals surface area contributed by atoms with Crippen molar-refractivity contribution in [3.63, 3.8) is 0 Å². The Morgan fingerprint density at radius 2 is 2.05 bits per heavy atom. The fourth-order valence-electron chi connectivity index (χ4n) is 1.67. The van der Waals surface area contributed by atoms with Gasteiger partial charge in [0.2, 0.25) is 0 Å². The van der Waals surface area contributed by atoms with Crippen molar-refractivity contribution in [2.45, 2.75) is 38.8 Å². The van der Waals surface area contributed by atoms with Gasteiger partial charge in [-0.3, -0.25) is 4.79 Å². The first-order valence-corrected chi connectivity index (χ1v) is 6.41. The van der Waals surface area contributed by atoms with E-state index in [1.807, 2.05) is 20.8 Å². The summed E-state index contributed by atoms with van der Waals surface area (Å²) < 4.78 is 10.5. The van der Waals surface area contributed by atoms with E-state index in [1.165, 1.54) is 0 Å². The van der Waals surface area contributed by atoms with Crippen LogP contribution < -0.4 is 10.5 Å². The third-order valence-electron chi connectivity index (χ3n) is 2.40. The van der Waals surface area contributed by atoms with Gasteiger partial charge in [0.25, 0.3) is 0 Å². The van der Waals surface area contributed by atoms with Crippen molar-refractivity contribution in [2.75, 3.05) is 7.11 Å². The van der Waals surface area contributed by atoms with Crippen LogP contribution >= 0.6 is 11.6 Å². The highest BCUT2D eigenvalue weighted by Gasteiger charge is 2.21. The summed E-state index contributed by atoms with van der Waals surface area (Å²) in [6.45, 7) is 5.45. The number of benzene rings is 1. The molecule has 0 saturated heterocycles. The molecule has 0 radical (unpaired) electrons. The van der Waals surface area contributed by atoms with Crippen LogP contribution in [0.15, 0.2) is 18.2 Å². The summed E-state index contributed by atoms with van der Waals surface area (Å²) in [5.74, 6) is 0.266. The Morgan fingerprint density at radius 1 is 1.42 bits per heavy atom. The maximum atomic E-state index is 11.8. The number of ether oxygens (including phenoxy) is 2. The molecule has 1 aromatic carbocycles. The van der Waals surface area contributed by atoms with Crippen molar-refractivity contribution < 1.29 is 14.3 Å². The lowest BCUT2D eigenvalue weighted by molar-refractivity contribution is -0.155. The van der Waals surface area contributed by atoms with Crippen LogP contribution in [-0.2, 0) is 9.53 Å². The second-order valence-corrected chi connectivity index (χ2v) is 5.72. The van der Waals surface area contributed by atoms with Crippen LogP contribution in [0.4, 0.5) is 0 Å².